The molecule has 4 nitrogen and oxygen atoms in total. The number of rotatable bonds is 4. The summed E-state index contributed by atoms with van der Waals surface area (Å²) in [4.78, 5) is 4.84. The van der Waals surface area contributed by atoms with Crippen molar-refractivity contribution >= 4 is 17.2 Å². The number of hydrogen-bond acceptors (Lipinski definition) is 3. The van der Waals surface area contributed by atoms with Crippen LogP contribution in [0.3, 0.4) is 0 Å². The summed E-state index contributed by atoms with van der Waals surface area (Å²) in [7, 11) is 0. The number of hydrogen-bond donors (Lipinski definition) is 0. The molecule has 27 heavy (non-hydrogen) atoms. The van der Waals surface area contributed by atoms with Gasteiger partial charge in [0.25, 0.3) is 0 Å². The molecule has 0 bridgehead atoms. The van der Waals surface area contributed by atoms with Crippen LogP contribution in [0.15, 0.2) is 77.1 Å². The van der Waals surface area contributed by atoms with E-state index in [0.717, 1.165) is 40.4 Å². The van der Waals surface area contributed by atoms with Gasteiger partial charge in [-0.25, -0.2) is 4.98 Å². The minimum absolute atomic E-state index is 0.748. The monoisotopic (exact) mass is 354 g/mol. The molecule has 4 aromatic rings. The van der Waals surface area contributed by atoms with Crippen LogP contribution < -0.4 is 0 Å². The minimum Gasteiger partial charge on any atom is -0.283 e. The molecule has 0 saturated heterocycles. The van der Waals surface area contributed by atoms with E-state index in [-0.39, 0.29) is 0 Å². The van der Waals surface area contributed by atoms with Crippen LogP contribution in [0.5, 0.6) is 0 Å². The summed E-state index contributed by atoms with van der Waals surface area (Å²) >= 11 is 0. The zero-order valence-corrected chi connectivity index (χ0v) is 15.8. The normalized spacial score (nSPS) is 11.5. The number of aromatic nitrogens is 2. The van der Waals surface area contributed by atoms with Gasteiger partial charge >= 0.3 is 0 Å². The van der Waals surface area contributed by atoms with Crippen molar-refractivity contribution in [2.45, 2.75) is 27.2 Å². The van der Waals surface area contributed by atoms with E-state index in [1.54, 1.807) is 0 Å². The van der Waals surface area contributed by atoms with E-state index in [0.29, 0.717) is 0 Å². The maximum atomic E-state index is 4.84. The number of fused-ring (bicyclic) bond motifs is 1. The Morgan fingerprint density at radius 1 is 0.926 bits per heavy atom. The van der Waals surface area contributed by atoms with Gasteiger partial charge in [-0.05, 0) is 55.2 Å². The number of aryl methyl sites for hydroxylation is 3. The van der Waals surface area contributed by atoms with Crippen LogP contribution in [-0.4, -0.2) is 9.38 Å². The topological polar surface area (TPSA) is 42.0 Å². The molecule has 0 amide bonds. The Balaban J connectivity index is 1.87. The Labute approximate surface area is 159 Å². The summed E-state index contributed by atoms with van der Waals surface area (Å²) in [5, 5.41) is 9.10. The highest BCUT2D eigenvalue weighted by Crippen LogP contribution is 2.33. The van der Waals surface area contributed by atoms with E-state index in [4.69, 9.17) is 4.98 Å². The Bertz CT molecular complexity index is 1120. The first-order valence-corrected chi connectivity index (χ1v) is 9.21. The van der Waals surface area contributed by atoms with E-state index in [1.807, 2.05) is 41.8 Å². The molecule has 0 N–H and O–H groups in total. The second-order valence-electron chi connectivity index (χ2n) is 6.75. The molecule has 0 aliphatic rings. The molecule has 2 heterocycles. The second kappa shape index (κ2) is 7.16. The van der Waals surface area contributed by atoms with Crippen molar-refractivity contribution in [1.29, 1.82) is 0 Å². The third-order valence-electron chi connectivity index (χ3n) is 4.76. The van der Waals surface area contributed by atoms with E-state index in [2.05, 4.69) is 60.5 Å². The third kappa shape index (κ3) is 3.38. The summed E-state index contributed by atoms with van der Waals surface area (Å²) in [5.74, 6) is 0.748. The molecule has 4 heteroatoms. The van der Waals surface area contributed by atoms with Gasteiger partial charge < -0.3 is 0 Å². The maximum Gasteiger partial charge on any atom is 0.187 e. The fourth-order valence-electron chi connectivity index (χ4n) is 3.10. The van der Waals surface area contributed by atoms with Crippen molar-refractivity contribution in [2.24, 2.45) is 10.2 Å². The molecule has 0 fully saturated rings. The first kappa shape index (κ1) is 17.2. The van der Waals surface area contributed by atoms with Crippen molar-refractivity contribution < 1.29 is 0 Å². The third-order valence-corrected chi connectivity index (χ3v) is 4.76. The van der Waals surface area contributed by atoms with Crippen LogP contribution in [0.1, 0.15) is 23.6 Å². The van der Waals surface area contributed by atoms with Crippen LogP contribution in [-0.2, 0) is 6.42 Å². The summed E-state index contributed by atoms with van der Waals surface area (Å²) in [6, 6.07) is 20.6. The highest BCUT2D eigenvalue weighted by Gasteiger charge is 2.14. The van der Waals surface area contributed by atoms with Crippen molar-refractivity contribution in [2.75, 3.05) is 0 Å². The Hall–Kier alpha value is -3.27. The molecule has 0 unspecified atom stereocenters. The molecule has 0 spiro atoms. The Morgan fingerprint density at radius 3 is 2.44 bits per heavy atom. The number of azo groups is 1. The average molecular weight is 354 g/mol. The molecular weight excluding hydrogens is 332 g/mol. The van der Waals surface area contributed by atoms with Gasteiger partial charge in [-0.15, -0.1) is 10.2 Å². The summed E-state index contributed by atoms with van der Waals surface area (Å²) in [5.41, 5.74) is 7.21. The molecule has 2 aromatic carbocycles. The molecule has 4 rings (SSSR count). The molecule has 0 aliphatic carbocycles. The largest absolute Gasteiger partial charge is 0.283 e. The summed E-state index contributed by atoms with van der Waals surface area (Å²) in [6.45, 7) is 6.26. The number of pyridine rings is 1. The van der Waals surface area contributed by atoms with E-state index < -0.39 is 0 Å². The molecule has 0 saturated carbocycles. The molecule has 0 radical (unpaired) electrons. The Kier molecular flexibility index (Phi) is 4.55. The molecule has 0 aliphatic heterocycles. The first-order valence-electron chi connectivity index (χ1n) is 9.21. The summed E-state index contributed by atoms with van der Waals surface area (Å²) < 4.78 is 2.00. The number of imidazole rings is 1. The van der Waals surface area contributed by atoms with Gasteiger partial charge in [-0.3, -0.25) is 4.40 Å². The average Bonchev–Trinajstić information content (AvgIpc) is 3.05. The SMILES string of the molecule is CCc1ccc(-c2nc3cc(C)ccn3c2N=Nc2ccccc2C)cc1. The van der Waals surface area contributed by atoms with Crippen molar-refractivity contribution in [1.82, 2.24) is 9.38 Å². The van der Waals surface area contributed by atoms with E-state index >= 15 is 0 Å². The standard InChI is InChI=1S/C23H22N4/c1-4-18-9-11-19(12-10-18)22-23(26-25-20-8-6-5-7-17(20)3)27-14-13-16(2)15-21(27)24-22/h5-15H,4H2,1-3H3. The fraction of sp³-hybridized carbons (Fsp3) is 0.174. The zero-order valence-electron chi connectivity index (χ0n) is 15.8. The lowest BCUT2D eigenvalue weighted by molar-refractivity contribution is 1.09. The second-order valence-corrected chi connectivity index (χ2v) is 6.75. The van der Waals surface area contributed by atoms with Crippen molar-refractivity contribution in [3.63, 3.8) is 0 Å². The van der Waals surface area contributed by atoms with Crippen molar-refractivity contribution in [3.05, 3.63) is 83.6 Å². The molecule has 134 valence electrons. The predicted molar refractivity (Wildman–Crippen MR) is 110 cm³/mol. The van der Waals surface area contributed by atoms with Crippen LogP contribution >= 0.6 is 0 Å². The lowest BCUT2D eigenvalue weighted by Crippen LogP contribution is -1.84. The quantitative estimate of drug-likeness (QED) is 0.381. The highest BCUT2D eigenvalue weighted by molar-refractivity contribution is 5.74. The minimum atomic E-state index is 0.748. The predicted octanol–water partition coefficient (Wildman–Crippen LogP) is 6.60. The smallest absolute Gasteiger partial charge is 0.187 e. The van der Waals surface area contributed by atoms with Gasteiger partial charge in [0.15, 0.2) is 5.82 Å². The maximum absolute atomic E-state index is 4.84. The van der Waals surface area contributed by atoms with Crippen molar-refractivity contribution in [3.8, 4) is 11.3 Å². The highest BCUT2D eigenvalue weighted by atomic mass is 15.2. The van der Waals surface area contributed by atoms with Crippen LogP contribution in [0.25, 0.3) is 16.9 Å². The summed E-state index contributed by atoms with van der Waals surface area (Å²) in [6.07, 6.45) is 3.03. The van der Waals surface area contributed by atoms with Gasteiger partial charge in [-0.2, -0.15) is 0 Å². The molecular formula is C23H22N4. The fourth-order valence-corrected chi connectivity index (χ4v) is 3.10. The van der Waals surface area contributed by atoms with E-state index in [1.165, 1.54) is 11.1 Å². The first-order chi connectivity index (χ1) is 13.2. The van der Waals surface area contributed by atoms with Gasteiger partial charge in [-0.1, -0.05) is 49.4 Å². The van der Waals surface area contributed by atoms with Gasteiger partial charge in [0.05, 0.1) is 5.69 Å². The zero-order chi connectivity index (χ0) is 18.8. The van der Waals surface area contributed by atoms with Gasteiger partial charge in [0.1, 0.15) is 11.3 Å². The lowest BCUT2D eigenvalue weighted by atomic mass is 10.1. The number of benzene rings is 2. The van der Waals surface area contributed by atoms with Gasteiger partial charge in [0.2, 0.25) is 0 Å². The van der Waals surface area contributed by atoms with Crippen LogP contribution in [0, 0.1) is 13.8 Å². The van der Waals surface area contributed by atoms with Gasteiger partial charge in [0, 0.05) is 11.8 Å². The number of nitrogens with zero attached hydrogens (tertiary/aromatic N) is 4. The van der Waals surface area contributed by atoms with Crippen LogP contribution in [0.2, 0.25) is 0 Å². The molecule has 2 aromatic heterocycles. The Morgan fingerprint density at radius 2 is 1.70 bits per heavy atom. The lowest BCUT2D eigenvalue weighted by Gasteiger charge is -2.02. The van der Waals surface area contributed by atoms with E-state index in [9.17, 15) is 0 Å². The molecule has 0 atom stereocenters. The van der Waals surface area contributed by atoms with Crippen LogP contribution in [0.4, 0.5) is 11.5 Å².